The minimum atomic E-state index is -0.687. The van der Waals surface area contributed by atoms with Crippen molar-refractivity contribution in [2.45, 2.75) is 20.0 Å². The predicted molar refractivity (Wildman–Crippen MR) is 76.4 cm³/mol. The maximum absolute atomic E-state index is 11.7. The third kappa shape index (κ3) is 4.83. The summed E-state index contributed by atoms with van der Waals surface area (Å²) in [6.45, 7) is 3.93. The molecule has 20 heavy (non-hydrogen) atoms. The van der Waals surface area contributed by atoms with Crippen LogP contribution in [-0.2, 0) is 9.53 Å². The van der Waals surface area contributed by atoms with E-state index < -0.39 is 6.10 Å². The van der Waals surface area contributed by atoms with Crippen molar-refractivity contribution in [3.05, 3.63) is 28.8 Å². The molecule has 0 heterocycles. The molecule has 1 unspecified atom stereocenters. The summed E-state index contributed by atoms with van der Waals surface area (Å²) in [6.07, 6.45) is -0.687. The molecule has 110 valence electrons. The van der Waals surface area contributed by atoms with E-state index in [-0.39, 0.29) is 11.7 Å². The number of hydrogen-bond donors (Lipinski definition) is 1. The van der Waals surface area contributed by atoms with Crippen LogP contribution in [0.1, 0.15) is 24.2 Å². The molecule has 1 rings (SSSR count). The molecule has 6 heteroatoms. The molecule has 1 amide bonds. The highest BCUT2D eigenvalue weighted by Gasteiger charge is 2.16. The fraction of sp³-hybridized carbons (Fsp3) is 0.429. The zero-order chi connectivity index (χ0) is 15.1. The zero-order valence-corrected chi connectivity index (χ0v) is 12.5. The Morgan fingerprint density at radius 3 is 2.65 bits per heavy atom. The highest BCUT2D eigenvalue weighted by atomic mass is 35.5. The molecule has 1 aromatic carbocycles. The molecule has 0 fully saturated rings. The first kappa shape index (κ1) is 16.5. The second-order valence-corrected chi connectivity index (χ2v) is 4.65. The second kappa shape index (κ2) is 7.87. The van der Waals surface area contributed by atoms with E-state index >= 15 is 0 Å². The Hall–Kier alpha value is -1.59. The second-order valence-electron chi connectivity index (χ2n) is 4.25. The Bertz CT molecular complexity index is 490. The number of benzene rings is 1. The van der Waals surface area contributed by atoms with Gasteiger partial charge in [-0.3, -0.25) is 9.59 Å². The first-order valence-corrected chi connectivity index (χ1v) is 6.57. The third-order valence-corrected chi connectivity index (χ3v) is 2.91. The molecule has 0 aromatic heterocycles. The van der Waals surface area contributed by atoms with E-state index in [2.05, 4.69) is 5.32 Å². The molecule has 0 spiro atoms. The summed E-state index contributed by atoms with van der Waals surface area (Å²) in [5.41, 5.74) is 0.500. The van der Waals surface area contributed by atoms with Gasteiger partial charge in [-0.05, 0) is 32.0 Å². The van der Waals surface area contributed by atoms with Crippen LogP contribution in [0.15, 0.2) is 18.2 Å². The molecule has 0 aliphatic carbocycles. The van der Waals surface area contributed by atoms with E-state index in [1.54, 1.807) is 26.2 Å². The van der Waals surface area contributed by atoms with Crippen LogP contribution in [0.4, 0.5) is 0 Å². The molecule has 1 N–H and O–H groups in total. The average molecular weight is 300 g/mol. The topological polar surface area (TPSA) is 64.6 Å². The maximum atomic E-state index is 11.7. The predicted octanol–water partition coefficient (Wildman–Crippen LogP) is 2.07. The van der Waals surface area contributed by atoms with E-state index in [9.17, 15) is 9.59 Å². The fourth-order valence-corrected chi connectivity index (χ4v) is 1.70. The van der Waals surface area contributed by atoms with Crippen molar-refractivity contribution in [3.8, 4) is 5.75 Å². The van der Waals surface area contributed by atoms with E-state index in [0.717, 1.165) is 0 Å². The number of halogens is 1. The highest BCUT2D eigenvalue weighted by Crippen LogP contribution is 2.26. The van der Waals surface area contributed by atoms with Crippen LogP contribution in [0.3, 0.4) is 0 Å². The van der Waals surface area contributed by atoms with Crippen molar-refractivity contribution >= 4 is 23.3 Å². The van der Waals surface area contributed by atoms with E-state index in [0.29, 0.717) is 29.5 Å². The summed E-state index contributed by atoms with van der Waals surface area (Å²) in [6, 6.07) is 4.71. The molecule has 0 saturated carbocycles. The largest absolute Gasteiger partial charge is 0.479 e. The molecule has 0 radical (unpaired) electrons. The van der Waals surface area contributed by atoms with E-state index in [4.69, 9.17) is 21.1 Å². The number of ether oxygens (including phenoxy) is 2. The van der Waals surface area contributed by atoms with Crippen molar-refractivity contribution in [1.29, 1.82) is 0 Å². The third-order valence-electron chi connectivity index (χ3n) is 2.62. The Kier molecular flexibility index (Phi) is 6.48. The van der Waals surface area contributed by atoms with Gasteiger partial charge in [0.15, 0.2) is 11.9 Å². The highest BCUT2D eigenvalue weighted by molar-refractivity contribution is 6.32. The van der Waals surface area contributed by atoms with Crippen molar-refractivity contribution < 1.29 is 19.1 Å². The smallest absolute Gasteiger partial charge is 0.260 e. The summed E-state index contributed by atoms with van der Waals surface area (Å²) in [5, 5.41) is 2.97. The maximum Gasteiger partial charge on any atom is 0.260 e. The van der Waals surface area contributed by atoms with Gasteiger partial charge in [-0.2, -0.15) is 0 Å². The van der Waals surface area contributed by atoms with Gasteiger partial charge in [0.05, 0.1) is 11.6 Å². The minimum absolute atomic E-state index is 0.0798. The minimum Gasteiger partial charge on any atom is -0.479 e. The van der Waals surface area contributed by atoms with Gasteiger partial charge in [0.25, 0.3) is 5.91 Å². The Morgan fingerprint density at radius 2 is 2.10 bits per heavy atom. The molecule has 5 nitrogen and oxygen atoms in total. The number of carbonyl (C=O) groups is 2. The number of carbonyl (C=O) groups excluding carboxylic acids is 2. The number of ketones is 1. The first-order valence-electron chi connectivity index (χ1n) is 6.19. The van der Waals surface area contributed by atoms with E-state index in [1.807, 2.05) is 0 Å². The van der Waals surface area contributed by atoms with Gasteiger partial charge in [0, 0.05) is 19.2 Å². The van der Waals surface area contributed by atoms with E-state index in [1.165, 1.54) is 13.0 Å². The quantitative estimate of drug-likeness (QED) is 0.618. The van der Waals surface area contributed by atoms with Gasteiger partial charge in [-0.15, -0.1) is 0 Å². The summed E-state index contributed by atoms with van der Waals surface area (Å²) < 4.78 is 10.3. The fourth-order valence-electron chi connectivity index (χ4n) is 1.48. The molecule has 0 aliphatic heterocycles. The van der Waals surface area contributed by atoms with Crippen LogP contribution in [0.5, 0.6) is 5.75 Å². The molecule has 0 aliphatic rings. The number of methoxy groups -OCH3 is 1. The summed E-state index contributed by atoms with van der Waals surface area (Å²) in [5.74, 6) is 0.0311. The number of amides is 1. The van der Waals surface area contributed by atoms with Crippen LogP contribution in [0.25, 0.3) is 0 Å². The van der Waals surface area contributed by atoms with Crippen LogP contribution >= 0.6 is 11.6 Å². The molecule has 1 atom stereocenters. The van der Waals surface area contributed by atoms with Gasteiger partial charge >= 0.3 is 0 Å². The van der Waals surface area contributed by atoms with Crippen LogP contribution < -0.4 is 10.1 Å². The molecule has 0 bridgehead atoms. The summed E-state index contributed by atoms with van der Waals surface area (Å²) >= 11 is 6.02. The number of Topliss-reactive ketones (excluding diaryl/α,β-unsaturated/α-hetero) is 1. The SMILES string of the molecule is COCCNC(=O)C(C)Oc1ccc(C(C)=O)cc1Cl. The van der Waals surface area contributed by atoms with Crippen LogP contribution in [0, 0.1) is 0 Å². The lowest BCUT2D eigenvalue weighted by Crippen LogP contribution is -2.37. The monoisotopic (exact) mass is 299 g/mol. The van der Waals surface area contributed by atoms with Crippen molar-refractivity contribution in [1.82, 2.24) is 5.32 Å². The van der Waals surface area contributed by atoms with Gasteiger partial charge in [0.2, 0.25) is 0 Å². The molecular formula is C14H18ClNO4. The zero-order valence-electron chi connectivity index (χ0n) is 11.7. The van der Waals surface area contributed by atoms with Gasteiger partial charge in [0.1, 0.15) is 5.75 Å². The lowest BCUT2D eigenvalue weighted by Gasteiger charge is -2.15. The van der Waals surface area contributed by atoms with Crippen LogP contribution in [0.2, 0.25) is 5.02 Å². The Balaban J connectivity index is 2.63. The van der Waals surface area contributed by atoms with Gasteiger partial charge in [-0.1, -0.05) is 11.6 Å². The Morgan fingerprint density at radius 1 is 1.40 bits per heavy atom. The number of rotatable bonds is 7. The van der Waals surface area contributed by atoms with Crippen LogP contribution in [-0.4, -0.2) is 38.1 Å². The lowest BCUT2D eigenvalue weighted by molar-refractivity contribution is -0.127. The molecule has 0 saturated heterocycles. The van der Waals surface area contributed by atoms with Gasteiger partial charge < -0.3 is 14.8 Å². The first-order chi connectivity index (χ1) is 9.45. The standard InChI is InChI=1S/C14H18ClNO4/c1-9(17)11-4-5-13(12(15)8-11)20-10(2)14(18)16-6-7-19-3/h4-5,8,10H,6-7H2,1-3H3,(H,16,18). The van der Waals surface area contributed by atoms with Crippen molar-refractivity contribution in [3.63, 3.8) is 0 Å². The van der Waals surface area contributed by atoms with Crippen molar-refractivity contribution in [2.24, 2.45) is 0 Å². The molecule has 1 aromatic rings. The van der Waals surface area contributed by atoms with Gasteiger partial charge in [-0.25, -0.2) is 0 Å². The molecular weight excluding hydrogens is 282 g/mol. The Labute approximate surface area is 123 Å². The number of hydrogen-bond acceptors (Lipinski definition) is 4. The number of nitrogens with one attached hydrogen (secondary N) is 1. The normalized spacial score (nSPS) is 11.8. The average Bonchev–Trinajstić information content (AvgIpc) is 2.40. The lowest BCUT2D eigenvalue weighted by atomic mass is 10.1. The van der Waals surface area contributed by atoms with Crippen molar-refractivity contribution in [2.75, 3.05) is 20.3 Å². The summed E-state index contributed by atoms with van der Waals surface area (Å²) in [7, 11) is 1.56. The summed E-state index contributed by atoms with van der Waals surface area (Å²) in [4.78, 5) is 22.9.